The smallest absolute Gasteiger partial charge is 0.226 e. The fourth-order valence-electron chi connectivity index (χ4n) is 1.52. The summed E-state index contributed by atoms with van der Waals surface area (Å²) in [6, 6.07) is 1.83. The Morgan fingerprint density at radius 3 is 2.73 bits per heavy atom. The zero-order valence-electron chi connectivity index (χ0n) is 8.45. The minimum Gasteiger partial charge on any atom is -0.457 e. The van der Waals surface area contributed by atoms with Gasteiger partial charge in [0.25, 0.3) is 0 Å². The molecule has 0 saturated heterocycles. The Morgan fingerprint density at radius 2 is 2.20 bits per heavy atom. The van der Waals surface area contributed by atoms with Gasteiger partial charge in [-0.25, -0.2) is 0 Å². The molecule has 0 aliphatic rings. The maximum Gasteiger partial charge on any atom is 0.226 e. The minimum atomic E-state index is 0.257. The molecule has 0 radical (unpaired) electrons. The second-order valence-corrected chi connectivity index (χ2v) is 4.29. The summed E-state index contributed by atoms with van der Waals surface area (Å²) < 4.78 is 10.8. The van der Waals surface area contributed by atoms with Crippen LogP contribution in [0.5, 0.6) is 0 Å². The van der Waals surface area contributed by atoms with Crippen LogP contribution in [0.2, 0.25) is 0 Å². The predicted molar refractivity (Wildman–Crippen MR) is 60.4 cm³/mol. The van der Waals surface area contributed by atoms with Crippen LogP contribution in [0.25, 0.3) is 11.3 Å². The Hall–Kier alpha value is -1.23. The molecule has 2 rings (SSSR count). The van der Waals surface area contributed by atoms with Gasteiger partial charge >= 0.3 is 0 Å². The number of hydrogen-bond acceptors (Lipinski definition) is 4. The Balaban J connectivity index is 2.59. The van der Waals surface area contributed by atoms with Crippen LogP contribution in [-0.2, 0) is 0 Å². The molecule has 0 aliphatic carbocycles. The van der Waals surface area contributed by atoms with Gasteiger partial charge in [0.1, 0.15) is 5.69 Å². The number of furan rings is 1. The molecule has 0 fully saturated rings. The van der Waals surface area contributed by atoms with Gasteiger partial charge in [-0.15, -0.1) is 0 Å². The van der Waals surface area contributed by atoms with Crippen LogP contribution < -0.4 is 5.73 Å². The van der Waals surface area contributed by atoms with E-state index < -0.39 is 0 Å². The molecule has 2 aromatic heterocycles. The lowest BCUT2D eigenvalue weighted by Gasteiger charge is -2.03. The molecule has 5 heteroatoms. The lowest BCUT2D eigenvalue weighted by atomic mass is 10.0. The Labute approximate surface area is 95.6 Å². The minimum absolute atomic E-state index is 0.257. The van der Waals surface area contributed by atoms with Crippen molar-refractivity contribution in [3.63, 3.8) is 0 Å². The van der Waals surface area contributed by atoms with Gasteiger partial charge in [-0.05, 0) is 27.9 Å². The van der Waals surface area contributed by atoms with E-state index in [0.29, 0.717) is 10.6 Å². The summed E-state index contributed by atoms with van der Waals surface area (Å²) in [4.78, 5) is 0. The first-order valence-corrected chi connectivity index (χ1v) is 5.39. The van der Waals surface area contributed by atoms with Crippen LogP contribution in [0.3, 0.4) is 0 Å². The van der Waals surface area contributed by atoms with E-state index in [1.807, 2.05) is 19.9 Å². The van der Waals surface area contributed by atoms with Crippen LogP contribution in [0, 0.1) is 0 Å². The highest BCUT2D eigenvalue weighted by Gasteiger charge is 2.21. The van der Waals surface area contributed by atoms with Crippen molar-refractivity contribution in [3.8, 4) is 11.3 Å². The molecule has 0 saturated carbocycles. The zero-order valence-corrected chi connectivity index (χ0v) is 10.0. The highest BCUT2D eigenvalue weighted by Crippen LogP contribution is 2.36. The summed E-state index contributed by atoms with van der Waals surface area (Å²) in [6.45, 7) is 4.08. The highest BCUT2D eigenvalue weighted by molar-refractivity contribution is 9.10. The van der Waals surface area contributed by atoms with Gasteiger partial charge in [-0.1, -0.05) is 19.0 Å². The average Bonchev–Trinajstić information content (AvgIpc) is 2.71. The Morgan fingerprint density at radius 1 is 1.47 bits per heavy atom. The second kappa shape index (κ2) is 3.73. The van der Waals surface area contributed by atoms with Crippen molar-refractivity contribution in [1.82, 2.24) is 5.16 Å². The van der Waals surface area contributed by atoms with Gasteiger partial charge < -0.3 is 14.7 Å². The summed E-state index contributed by atoms with van der Waals surface area (Å²) in [5, 5.41) is 3.95. The molecule has 2 aromatic rings. The molecular weight excluding hydrogens is 260 g/mol. The lowest BCUT2D eigenvalue weighted by Crippen LogP contribution is -1.94. The van der Waals surface area contributed by atoms with Crippen molar-refractivity contribution in [2.24, 2.45) is 0 Å². The molecule has 80 valence electrons. The number of nitrogens with two attached hydrogens (primary N) is 1. The van der Waals surface area contributed by atoms with Crippen molar-refractivity contribution in [2.45, 2.75) is 19.8 Å². The first-order chi connectivity index (χ1) is 7.11. The molecule has 0 atom stereocenters. The SMILES string of the molecule is CC(C)c1c(-c2ccoc2Br)noc1N. The maximum atomic E-state index is 5.72. The van der Waals surface area contributed by atoms with E-state index in [4.69, 9.17) is 14.7 Å². The number of halogens is 1. The van der Waals surface area contributed by atoms with E-state index in [2.05, 4.69) is 21.1 Å². The number of hydrogen-bond donors (Lipinski definition) is 1. The summed E-state index contributed by atoms with van der Waals surface area (Å²) in [7, 11) is 0. The molecule has 15 heavy (non-hydrogen) atoms. The largest absolute Gasteiger partial charge is 0.457 e. The van der Waals surface area contributed by atoms with E-state index in [1.165, 1.54) is 0 Å². The summed E-state index contributed by atoms with van der Waals surface area (Å²) in [6.07, 6.45) is 1.59. The van der Waals surface area contributed by atoms with Crippen LogP contribution in [0.4, 0.5) is 5.88 Å². The van der Waals surface area contributed by atoms with Crippen LogP contribution in [0.1, 0.15) is 25.3 Å². The summed E-state index contributed by atoms with van der Waals surface area (Å²) >= 11 is 3.31. The van der Waals surface area contributed by atoms with Crippen LogP contribution in [-0.4, -0.2) is 5.16 Å². The van der Waals surface area contributed by atoms with Gasteiger partial charge in [0.05, 0.1) is 11.8 Å². The van der Waals surface area contributed by atoms with E-state index in [9.17, 15) is 0 Å². The molecule has 0 bridgehead atoms. The third kappa shape index (κ3) is 1.67. The topological polar surface area (TPSA) is 65.2 Å². The third-order valence-electron chi connectivity index (χ3n) is 2.21. The molecule has 0 amide bonds. The van der Waals surface area contributed by atoms with Gasteiger partial charge in [0.15, 0.2) is 4.67 Å². The second-order valence-electron chi connectivity index (χ2n) is 3.57. The standard InChI is InChI=1S/C10H11BrN2O2/c1-5(2)7-8(13-15-10(7)12)6-3-4-14-9(6)11/h3-5H,12H2,1-2H3. The molecule has 4 nitrogen and oxygen atoms in total. The first-order valence-electron chi connectivity index (χ1n) is 4.59. The monoisotopic (exact) mass is 270 g/mol. The lowest BCUT2D eigenvalue weighted by molar-refractivity contribution is 0.438. The number of nitrogens with zero attached hydrogens (tertiary/aromatic N) is 1. The molecular formula is C10H11BrN2O2. The Kier molecular flexibility index (Phi) is 2.56. The van der Waals surface area contributed by atoms with E-state index in [-0.39, 0.29) is 5.92 Å². The van der Waals surface area contributed by atoms with Gasteiger partial charge in [0.2, 0.25) is 5.88 Å². The fourth-order valence-corrected chi connectivity index (χ4v) is 1.95. The zero-order chi connectivity index (χ0) is 11.0. The van der Waals surface area contributed by atoms with E-state index in [0.717, 1.165) is 16.8 Å². The predicted octanol–water partition coefficient (Wildman–Crippen LogP) is 3.40. The fraction of sp³-hybridized carbons (Fsp3) is 0.300. The van der Waals surface area contributed by atoms with Crippen molar-refractivity contribution >= 4 is 21.8 Å². The molecule has 2 heterocycles. The average molecular weight is 271 g/mol. The number of aromatic nitrogens is 1. The van der Waals surface area contributed by atoms with Crippen LogP contribution >= 0.6 is 15.9 Å². The maximum absolute atomic E-state index is 5.72. The molecule has 0 spiro atoms. The van der Waals surface area contributed by atoms with Crippen molar-refractivity contribution in [1.29, 1.82) is 0 Å². The Bertz CT molecular complexity index is 473. The normalized spacial score (nSPS) is 11.2. The molecule has 0 unspecified atom stereocenters. The van der Waals surface area contributed by atoms with Gasteiger partial charge in [0, 0.05) is 5.56 Å². The molecule has 0 aromatic carbocycles. The number of rotatable bonds is 2. The molecule has 2 N–H and O–H groups in total. The van der Waals surface area contributed by atoms with E-state index in [1.54, 1.807) is 6.26 Å². The quantitative estimate of drug-likeness (QED) is 0.909. The van der Waals surface area contributed by atoms with Crippen LogP contribution in [0.15, 0.2) is 25.9 Å². The highest BCUT2D eigenvalue weighted by atomic mass is 79.9. The van der Waals surface area contributed by atoms with Crippen molar-refractivity contribution in [3.05, 3.63) is 22.6 Å². The number of nitrogen functional groups attached to an aromatic ring is 1. The first kappa shape index (κ1) is 10.3. The van der Waals surface area contributed by atoms with Gasteiger partial charge in [-0.2, -0.15) is 0 Å². The molecule has 0 aliphatic heterocycles. The summed E-state index contributed by atoms with van der Waals surface area (Å²) in [5.74, 6) is 0.626. The van der Waals surface area contributed by atoms with Crippen molar-refractivity contribution in [2.75, 3.05) is 5.73 Å². The third-order valence-corrected chi connectivity index (χ3v) is 2.82. The van der Waals surface area contributed by atoms with E-state index >= 15 is 0 Å². The summed E-state index contributed by atoms with van der Waals surface area (Å²) in [5.41, 5.74) is 8.24. The number of anilines is 1. The van der Waals surface area contributed by atoms with Crippen molar-refractivity contribution < 1.29 is 8.94 Å². The van der Waals surface area contributed by atoms with Gasteiger partial charge in [-0.3, -0.25) is 0 Å².